The van der Waals surface area contributed by atoms with Crippen molar-refractivity contribution in [2.75, 3.05) is 4.90 Å². The molecule has 0 saturated heterocycles. The van der Waals surface area contributed by atoms with Gasteiger partial charge < -0.3 is 4.90 Å². The fourth-order valence-corrected chi connectivity index (χ4v) is 10.8. The molecule has 0 bridgehead atoms. The Bertz CT molecular complexity index is 3490. The monoisotopic (exact) mass is 822 g/mol. The summed E-state index contributed by atoms with van der Waals surface area (Å²) in [6, 6.07) is 79.7. The van der Waals surface area contributed by atoms with Crippen LogP contribution in [0.1, 0.15) is 25.0 Å². The number of aromatic nitrogens is 1. The van der Waals surface area contributed by atoms with Crippen molar-refractivity contribution in [1.82, 2.24) is 4.98 Å². The third kappa shape index (κ3) is 6.35. The van der Waals surface area contributed by atoms with Crippen molar-refractivity contribution in [2.45, 2.75) is 19.3 Å². The number of benzene rings is 10. The first-order valence-electron chi connectivity index (χ1n) is 21.7. The average Bonchev–Trinajstić information content (AvgIpc) is 3.89. The Hall–Kier alpha value is -7.59. The summed E-state index contributed by atoms with van der Waals surface area (Å²) in [5, 5.41) is 5.89. The van der Waals surface area contributed by atoms with Crippen LogP contribution in [0.15, 0.2) is 218 Å². The van der Waals surface area contributed by atoms with Crippen molar-refractivity contribution in [2.24, 2.45) is 0 Å². The molecule has 1 heterocycles. The summed E-state index contributed by atoms with van der Waals surface area (Å²) in [7, 11) is 0. The van der Waals surface area contributed by atoms with Gasteiger partial charge in [-0.2, -0.15) is 0 Å². The second-order valence-electron chi connectivity index (χ2n) is 17.2. The molecule has 2 nitrogen and oxygen atoms in total. The summed E-state index contributed by atoms with van der Waals surface area (Å²) in [5.74, 6) is 0. The second kappa shape index (κ2) is 14.8. The highest BCUT2D eigenvalue weighted by Gasteiger charge is 2.35. The van der Waals surface area contributed by atoms with E-state index in [9.17, 15) is 0 Å². The Balaban J connectivity index is 0.900. The number of anilines is 3. The van der Waals surface area contributed by atoms with Crippen LogP contribution in [0.3, 0.4) is 0 Å². The number of thiazole rings is 1. The summed E-state index contributed by atoms with van der Waals surface area (Å²) in [5.41, 5.74) is 18.1. The summed E-state index contributed by atoms with van der Waals surface area (Å²) >= 11 is 1.76. The lowest BCUT2D eigenvalue weighted by Gasteiger charge is -2.28. The molecule has 11 aromatic rings. The molecule has 10 aromatic carbocycles. The molecule has 0 fully saturated rings. The average molecular weight is 823 g/mol. The molecule has 0 atom stereocenters. The smallest absolute Gasteiger partial charge is 0.124 e. The highest BCUT2D eigenvalue weighted by Crippen LogP contribution is 2.51. The van der Waals surface area contributed by atoms with Gasteiger partial charge in [0.25, 0.3) is 0 Å². The van der Waals surface area contributed by atoms with Crippen LogP contribution in [0.5, 0.6) is 0 Å². The molecule has 0 saturated carbocycles. The molecule has 1 aliphatic rings. The zero-order valence-electron chi connectivity index (χ0n) is 35.1. The number of nitrogens with zero attached hydrogens (tertiary/aromatic N) is 2. The van der Waals surface area contributed by atoms with E-state index >= 15 is 0 Å². The molecular weight excluding hydrogens is 781 g/mol. The van der Waals surface area contributed by atoms with E-state index in [-0.39, 0.29) is 5.41 Å². The van der Waals surface area contributed by atoms with E-state index in [0.717, 1.165) is 33.1 Å². The van der Waals surface area contributed by atoms with Crippen LogP contribution in [-0.2, 0) is 5.41 Å². The Morgan fingerprint density at radius 1 is 0.397 bits per heavy atom. The molecule has 0 amide bonds. The zero-order chi connectivity index (χ0) is 42.1. The normalized spacial score (nSPS) is 12.7. The second-order valence-corrected chi connectivity index (χ2v) is 18.2. The first-order valence-corrected chi connectivity index (χ1v) is 22.5. The maximum absolute atomic E-state index is 5.29. The third-order valence-corrected chi connectivity index (χ3v) is 14.2. The number of rotatable bonds is 7. The zero-order valence-corrected chi connectivity index (χ0v) is 35.9. The fraction of sp³-hybridized carbons (Fsp3) is 0.0500. The summed E-state index contributed by atoms with van der Waals surface area (Å²) in [6.45, 7) is 4.70. The van der Waals surface area contributed by atoms with E-state index in [2.05, 4.69) is 237 Å². The van der Waals surface area contributed by atoms with Crippen LogP contribution < -0.4 is 4.90 Å². The Kier molecular flexibility index (Phi) is 8.74. The van der Waals surface area contributed by atoms with Gasteiger partial charge >= 0.3 is 0 Å². The highest BCUT2D eigenvalue weighted by atomic mass is 32.1. The van der Waals surface area contributed by atoms with Gasteiger partial charge in [0.05, 0.1) is 10.2 Å². The maximum Gasteiger partial charge on any atom is 0.124 e. The summed E-state index contributed by atoms with van der Waals surface area (Å²) < 4.78 is 1.20. The van der Waals surface area contributed by atoms with Gasteiger partial charge in [0.2, 0.25) is 0 Å². The summed E-state index contributed by atoms with van der Waals surface area (Å²) in [4.78, 5) is 7.69. The molecule has 0 unspecified atom stereocenters. The van der Waals surface area contributed by atoms with E-state index in [1.54, 1.807) is 11.3 Å². The van der Waals surface area contributed by atoms with E-state index in [0.29, 0.717) is 0 Å². The van der Waals surface area contributed by atoms with Gasteiger partial charge in [0.1, 0.15) is 5.01 Å². The fourth-order valence-electron chi connectivity index (χ4n) is 9.79. The van der Waals surface area contributed by atoms with Crippen molar-refractivity contribution in [1.29, 1.82) is 0 Å². The van der Waals surface area contributed by atoms with Gasteiger partial charge in [-0.25, -0.2) is 4.98 Å². The molecule has 1 aromatic heterocycles. The Morgan fingerprint density at radius 3 is 1.59 bits per heavy atom. The minimum atomic E-state index is -0.0985. The minimum absolute atomic E-state index is 0.0985. The molecule has 0 spiro atoms. The molecule has 0 aliphatic heterocycles. The van der Waals surface area contributed by atoms with Crippen molar-refractivity contribution in [3.05, 3.63) is 230 Å². The van der Waals surface area contributed by atoms with Crippen LogP contribution in [0, 0.1) is 0 Å². The molecule has 63 heavy (non-hydrogen) atoms. The van der Waals surface area contributed by atoms with Crippen LogP contribution in [-0.4, -0.2) is 4.98 Å². The van der Waals surface area contributed by atoms with Crippen LogP contribution in [0.25, 0.3) is 86.8 Å². The van der Waals surface area contributed by atoms with Gasteiger partial charge in [-0.05, 0) is 120 Å². The molecular formula is C60H42N2S. The van der Waals surface area contributed by atoms with E-state index < -0.39 is 0 Å². The molecule has 1 aliphatic carbocycles. The molecule has 0 radical (unpaired) electrons. The van der Waals surface area contributed by atoms with Gasteiger partial charge in [0.15, 0.2) is 0 Å². The predicted molar refractivity (Wildman–Crippen MR) is 269 cm³/mol. The van der Waals surface area contributed by atoms with Crippen molar-refractivity contribution in [3.8, 4) is 55.1 Å². The molecule has 0 N–H and O–H groups in total. The standard InChI is InChI=1S/C60H42N2S/c1-60(2)54-16-10-9-15-52(54)53-35-33-50(38-55(53)60)62(48-29-23-42(24-30-48)40-13-7-4-8-14-40)49-31-25-43(26-32-49)46-27-34-51-47(37-46)22-19-44-28-36-56-58(57(44)51)61-59(63-56)45-20-17-41(18-21-45)39-11-5-3-6-12-39/h3-38H,1-2H3. The van der Waals surface area contributed by atoms with Crippen molar-refractivity contribution < 1.29 is 0 Å². The lowest BCUT2D eigenvalue weighted by molar-refractivity contribution is 0.660. The third-order valence-electron chi connectivity index (χ3n) is 13.1. The Labute approximate surface area is 372 Å². The lowest BCUT2D eigenvalue weighted by atomic mass is 9.82. The highest BCUT2D eigenvalue weighted by molar-refractivity contribution is 7.21. The van der Waals surface area contributed by atoms with Crippen LogP contribution >= 0.6 is 11.3 Å². The Morgan fingerprint density at radius 2 is 0.905 bits per heavy atom. The summed E-state index contributed by atoms with van der Waals surface area (Å²) in [6.07, 6.45) is 0. The van der Waals surface area contributed by atoms with Gasteiger partial charge in [-0.1, -0.05) is 184 Å². The maximum atomic E-state index is 5.29. The van der Waals surface area contributed by atoms with Gasteiger partial charge in [-0.3, -0.25) is 0 Å². The molecule has 298 valence electrons. The van der Waals surface area contributed by atoms with Gasteiger partial charge in [-0.15, -0.1) is 11.3 Å². The van der Waals surface area contributed by atoms with Gasteiger partial charge in [0, 0.05) is 33.4 Å². The number of fused-ring (bicyclic) bond motifs is 8. The largest absolute Gasteiger partial charge is 0.310 e. The van der Waals surface area contributed by atoms with Crippen molar-refractivity contribution in [3.63, 3.8) is 0 Å². The quantitative estimate of drug-likeness (QED) is 0.149. The van der Waals surface area contributed by atoms with Crippen LogP contribution in [0.2, 0.25) is 0 Å². The minimum Gasteiger partial charge on any atom is -0.310 e. The lowest BCUT2D eigenvalue weighted by Crippen LogP contribution is -2.16. The topological polar surface area (TPSA) is 16.1 Å². The predicted octanol–water partition coefficient (Wildman–Crippen LogP) is 17.0. The number of hydrogen-bond acceptors (Lipinski definition) is 3. The van der Waals surface area contributed by atoms with Crippen molar-refractivity contribution >= 4 is 60.2 Å². The van der Waals surface area contributed by atoms with E-state index in [1.807, 2.05) is 0 Å². The van der Waals surface area contributed by atoms with E-state index in [1.165, 1.54) is 81.9 Å². The number of hydrogen-bond donors (Lipinski definition) is 0. The first-order chi connectivity index (χ1) is 31.0. The van der Waals surface area contributed by atoms with E-state index in [4.69, 9.17) is 4.98 Å². The van der Waals surface area contributed by atoms with Crippen LogP contribution in [0.4, 0.5) is 17.1 Å². The molecule has 3 heteroatoms. The molecule has 12 rings (SSSR count). The first kappa shape index (κ1) is 37.2. The SMILES string of the molecule is CC1(C)c2ccccc2-c2ccc(N(c3ccc(-c4ccccc4)cc3)c3ccc(-c4ccc5c(ccc6ccc7sc(-c8ccc(-c9ccccc9)cc8)nc7c65)c4)cc3)cc21.